The molecule has 0 bridgehead atoms. The SMILES string of the molecule is CCCCC(CCC)Nc1c(N)cncc1Br. The van der Waals surface area contributed by atoms with Gasteiger partial charge in [-0.05, 0) is 28.8 Å². The third-order valence-corrected chi connectivity index (χ3v) is 3.42. The fourth-order valence-corrected chi connectivity index (χ4v) is 2.36. The normalized spacial score (nSPS) is 12.4. The lowest BCUT2D eigenvalue weighted by atomic mass is 10.0. The molecule has 96 valence electrons. The molecule has 0 spiro atoms. The molecule has 0 saturated carbocycles. The summed E-state index contributed by atoms with van der Waals surface area (Å²) in [6.07, 6.45) is 9.50. The molecule has 0 fully saturated rings. The highest BCUT2D eigenvalue weighted by molar-refractivity contribution is 9.10. The van der Waals surface area contributed by atoms with Gasteiger partial charge in [-0.1, -0.05) is 33.1 Å². The van der Waals surface area contributed by atoms with E-state index in [0.29, 0.717) is 11.7 Å². The highest BCUT2D eigenvalue weighted by Gasteiger charge is 2.11. The Balaban J connectivity index is 2.70. The van der Waals surface area contributed by atoms with Crippen LogP contribution in [-0.4, -0.2) is 11.0 Å². The van der Waals surface area contributed by atoms with E-state index in [1.165, 1.54) is 32.1 Å². The smallest absolute Gasteiger partial charge is 0.0752 e. The number of halogens is 1. The molecule has 0 aliphatic heterocycles. The fourth-order valence-electron chi connectivity index (χ4n) is 1.89. The molecular weight excluding hydrogens is 278 g/mol. The van der Waals surface area contributed by atoms with Crippen LogP contribution in [0.1, 0.15) is 46.0 Å². The van der Waals surface area contributed by atoms with Gasteiger partial charge in [-0.25, -0.2) is 0 Å². The molecule has 1 aromatic rings. The summed E-state index contributed by atoms with van der Waals surface area (Å²) >= 11 is 3.49. The second kappa shape index (κ2) is 7.54. The zero-order valence-corrected chi connectivity index (χ0v) is 12.3. The summed E-state index contributed by atoms with van der Waals surface area (Å²) < 4.78 is 0.940. The largest absolute Gasteiger partial charge is 0.396 e. The summed E-state index contributed by atoms with van der Waals surface area (Å²) in [7, 11) is 0. The van der Waals surface area contributed by atoms with Crippen molar-refractivity contribution in [2.24, 2.45) is 0 Å². The first kappa shape index (κ1) is 14.3. The first-order chi connectivity index (χ1) is 8.19. The van der Waals surface area contributed by atoms with Crippen LogP contribution in [0.25, 0.3) is 0 Å². The van der Waals surface area contributed by atoms with Crippen molar-refractivity contribution in [2.45, 2.75) is 52.0 Å². The zero-order chi connectivity index (χ0) is 12.7. The maximum absolute atomic E-state index is 5.94. The van der Waals surface area contributed by atoms with Crippen molar-refractivity contribution in [1.82, 2.24) is 4.98 Å². The predicted octanol–water partition coefficient (Wildman–Crippen LogP) is 4.20. The van der Waals surface area contributed by atoms with Gasteiger partial charge in [0.2, 0.25) is 0 Å². The molecule has 1 atom stereocenters. The average Bonchev–Trinajstić information content (AvgIpc) is 2.31. The van der Waals surface area contributed by atoms with Crippen molar-refractivity contribution >= 4 is 27.3 Å². The third kappa shape index (κ3) is 4.54. The van der Waals surface area contributed by atoms with E-state index in [4.69, 9.17) is 5.73 Å². The molecule has 0 radical (unpaired) electrons. The summed E-state index contributed by atoms with van der Waals surface area (Å²) in [5, 5.41) is 3.54. The first-order valence-electron chi connectivity index (χ1n) is 6.34. The van der Waals surface area contributed by atoms with Gasteiger partial charge in [-0.3, -0.25) is 4.98 Å². The number of unbranched alkanes of at least 4 members (excludes halogenated alkanes) is 1. The van der Waals surface area contributed by atoms with Gasteiger partial charge >= 0.3 is 0 Å². The van der Waals surface area contributed by atoms with Crippen LogP contribution >= 0.6 is 15.9 Å². The van der Waals surface area contributed by atoms with Crippen molar-refractivity contribution in [3.63, 3.8) is 0 Å². The van der Waals surface area contributed by atoms with Crippen LogP contribution in [0, 0.1) is 0 Å². The first-order valence-corrected chi connectivity index (χ1v) is 7.13. The van der Waals surface area contributed by atoms with Crippen molar-refractivity contribution in [2.75, 3.05) is 11.1 Å². The molecule has 1 rings (SSSR count). The Hall–Kier alpha value is -0.770. The van der Waals surface area contributed by atoms with E-state index in [2.05, 4.69) is 40.1 Å². The van der Waals surface area contributed by atoms with E-state index in [-0.39, 0.29) is 0 Å². The molecule has 0 saturated heterocycles. The topological polar surface area (TPSA) is 50.9 Å². The maximum atomic E-state index is 5.94. The lowest BCUT2D eigenvalue weighted by Gasteiger charge is -2.21. The Labute approximate surface area is 112 Å². The summed E-state index contributed by atoms with van der Waals surface area (Å²) in [6, 6.07) is 0.501. The number of pyridine rings is 1. The summed E-state index contributed by atoms with van der Waals surface area (Å²) in [5.74, 6) is 0. The number of hydrogen-bond acceptors (Lipinski definition) is 3. The molecule has 0 amide bonds. The quantitative estimate of drug-likeness (QED) is 0.793. The number of nitrogens with one attached hydrogen (secondary N) is 1. The van der Waals surface area contributed by atoms with Gasteiger partial charge < -0.3 is 11.1 Å². The van der Waals surface area contributed by atoms with Crippen LogP contribution in [0.3, 0.4) is 0 Å². The van der Waals surface area contributed by atoms with Gasteiger partial charge in [-0.15, -0.1) is 0 Å². The van der Waals surface area contributed by atoms with Gasteiger partial charge in [0.15, 0.2) is 0 Å². The van der Waals surface area contributed by atoms with E-state index in [1.54, 1.807) is 12.4 Å². The Bertz CT molecular complexity index is 321. The van der Waals surface area contributed by atoms with Crippen molar-refractivity contribution in [1.29, 1.82) is 0 Å². The molecule has 0 aliphatic rings. The van der Waals surface area contributed by atoms with Crippen LogP contribution in [-0.2, 0) is 0 Å². The standard InChI is InChI=1S/C13H22BrN3/c1-3-5-7-10(6-4-2)17-13-11(14)8-16-9-12(13)15/h8-10H,3-7,15H2,1-2H3,(H,16,17). The van der Waals surface area contributed by atoms with E-state index in [1.807, 2.05) is 0 Å². The number of nitrogens with two attached hydrogens (primary N) is 1. The molecule has 1 heterocycles. The zero-order valence-electron chi connectivity index (χ0n) is 10.7. The van der Waals surface area contributed by atoms with E-state index < -0.39 is 0 Å². The second-order valence-electron chi connectivity index (χ2n) is 4.36. The minimum Gasteiger partial charge on any atom is -0.396 e. The van der Waals surface area contributed by atoms with E-state index in [9.17, 15) is 0 Å². The molecule has 1 aromatic heterocycles. The van der Waals surface area contributed by atoms with Gasteiger partial charge in [0.05, 0.1) is 22.0 Å². The highest BCUT2D eigenvalue weighted by Crippen LogP contribution is 2.29. The monoisotopic (exact) mass is 299 g/mol. The van der Waals surface area contributed by atoms with Gasteiger partial charge in [-0.2, -0.15) is 0 Å². The number of nitrogen functional groups attached to an aromatic ring is 1. The number of nitrogens with zero attached hydrogens (tertiary/aromatic N) is 1. The number of anilines is 2. The predicted molar refractivity (Wildman–Crippen MR) is 78.2 cm³/mol. The van der Waals surface area contributed by atoms with Crippen molar-refractivity contribution in [3.05, 3.63) is 16.9 Å². The van der Waals surface area contributed by atoms with Gasteiger partial charge in [0, 0.05) is 12.2 Å². The molecule has 0 aliphatic carbocycles. The molecule has 3 N–H and O–H groups in total. The fraction of sp³-hybridized carbons (Fsp3) is 0.615. The lowest BCUT2D eigenvalue weighted by molar-refractivity contribution is 0.564. The van der Waals surface area contributed by atoms with Crippen LogP contribution < -0.4 is 11.1 Å². The third-order valence-electron chi connectivity index (χ3n) is 2.82. The average molecular weight is 300 g/mol. The molecular formula is C13H22BrN3. The van der Waals surface area contributed by atoms with Gasteiger partial charge in [0.1, 0.15) is 0 Å². The minimum atomic E-state index is 0.501. The van der Waals surface area contributed by atoms with Gasteiger partial charge in [0.25, 0.3) is 0 Å². The maximum Gasteiger partial charge on any atom is 0.0752 e. The highest BCUT2D eigenvalue weighted by atomic mass is 79.9. The van der Waals surface area contributed by atoms with E-state index in [0.717, 1.165) is 10.2 Å². The Morgan fingerprint density at radius 3 is 2.65 bits per heavy atom. The van der Waals surface area contributed by atoms with Crippen molar-refractivity contribution < 1.29 is 0 Å². The summed E-state index contributed by atoms with van der Waals surface area (Å²) in [4.78, 5) is 4.05. The van der Waals surface area contributed by atoms with Crippen LogP contribution in [0.4, 0.5) is 11.4 Å². The number of aromatic nitrogens is 1. The van der Waals surface area contributed by atoms with E-state index >= 15 is 0 Å². The Morgan fingerprint density at radius 2 is 2.06 bits per heavy atom. The molecule has 17 heavy (non-hydrogen) atoms. The number of rotatable bonds is 7. The lowest BCUT2D eigenvalue weighted by Crippen LogP contribution is -2.20. The van der Waals surface area contributed by atoms with Crippen molar-refractivity contribution in [3.8, 4) is 0 Å². The minimum absolute atomic E-state index is 0.501. The summed E-state index contributed by atoms with van der Waals surface area (Å²) in [6.45, 7) is 4.44. The van der Waals surface area contributed by atoms with Crippen LogP contribution in [0.5, 0.6) is 0 Å². The molecule has 4 heteroatoms. The summed E-state index contributed by atoms with van der Waals surface area (Å²) in [5.41, 5.74) is 7.63. The Morgan fingerprint density at radius 1 is 1.29 bits per heavy atom. The number of hydrogen-bond donors (Lipinski definition) is 2. The Kier molecular flexibility index (Phi) is 6.34. The second-order valence-corrected chi connectivity index (χ2v) is 5.21. The molecule has 3 nitrogen and oxygen atoms in total. The molecule has 0 aromatic carbocycles. The van der Waals surface area contributed by atoms with Crippen LogP contribution in [0.15, 0.2) is 16.9 Å². The molecule has 1 unspecified atom stereocenters. The van der Waals surface area contributed by atoms with Crippen LogP contribution in [0.2, 0.25) is 0 Å².